The fourth-order valence-corrected chi connectivity index (χ4v) is 2.29. The smallest absolute Gasteiger partial charge is 0.251 e. The van der Waals surface area contributed by atoms with Crippen LogP contribution in [0.3, 0.4) is 0 Å². The molecule has 2 atom stereocenters. The summed E-state index contributed by atoms with van der Waals surface area (Å²) in [6.07, 6.45) is 1.22. The third-order valence-electron chi connectivity index (χ3n) is 3.68. The fourth-order valence-electron chi connectivity index (χ4n) is 2.29. The maximum absolute atomic E-state index is 12.3. The molecule has 2 rings (SSSR count). The molecule has 21 heavy (non-hydrogen) atoms. The molecule has 0 aliphatic carbocycles. The van der Waals surface area contributed by atoms with Gasteiger partial charge in [-0.2, -0.15) is 0 Å². The van der Waals surface area contributed by atoms with E-state index in [0.29, 0.717) is 17.7 Å². The molecule has 4 nitrogen and oxygen atoms in total. The van der Waals surface area contributed by atoms with Gasteiger partial charge < -0.3 is 14.8 Å². The van der Waals surface area contributed by atoms with Crippen LogP contribution in [0.5, 0.6) is 0 Å². The summed E-state index contributed by atoms with van der Waals surface area (Å²) in [6.45, 7) is 5.79. The Morgan fingerprint density at radius 1 is 1.29 bits per heavy atom. The number of hydrogen-bond acceptors (Lipinski definition) is 3. The molecule has 0 fully saturated rings. The molecule has 2 N–H and O–H groups in total. The molecule has 1 heterocycles. The van der Waals surface area contributed by atoms with Crippen molar-refractivity contribution in [2.24, 2.45) is 0 Å². The van der Waals surface area contributed by atoms with Crippen molar-refractivity contribution in [3.05, 3.63) is 59.0 Å². The van der Waals surface area contributed by atoms with Gasteiger partial charge in [0.05, 0.1) is 6.26 Å². The van der Waals surface area contributed by atoms with Crippen LogP contribution in [0.15, 0.2) is 41.0 Å². The highest BCUT2D eigenvalue weighted by atomic mass is 16.4. The minimum atomic E-state index is -0.714. The lowest BCUT2D eigenvalue weighted by Gasteiger charge is -2.17. The van der Waals surface area contributed by atoms with Crippen molar-refractivity contribution in [2.45, 2.75) is 39.3 Å². The first-order chi connectivity index (χ1) is 9.99. The highest BCUT2D eigenvalue weighted by molar-refractivity contribution is 5.96. The standard InChI is InChI=1S/C17H21NO3/c1-11-6-4-7-14(13(11)3)17(20)18-12(2)10-15(19)16-8-5-9-21-16/h4-9,12,15,19H,10H2,1-3H3,(H,18,20). The Balaban J connectivity index is 1.97. The zero-order valence-electron chi connectivity index (χ0n) is 12.6. The van der Waals surface area contributed by atoms with E-state index in [-0.39, 0.29) is 11.9 Å². The van der Waals surface area contributed by atoms with Gasteiger partial charge in [-0.1, -0.05) is 12.1 Å². The number of benzene rings is 1. The predicted molar refractivity (Wildman–Crippen MR) is 81.1 cm³/mol. The summed E-state index contributed by atoms with van der Waals surface area (Å²) >= 11 is 0. The average molecular weight is 287 g/mol. The lowest BCUT2D eigenvalue weighted by atomic mass is 10.0. The second-order valence-electron chi connectivity index (χ2n) is 5.39. The Morgan fingerprint density at radius 3 is 2.71 bits per heavy atom. The molecule has 2 aromatic rings. The number of hydrogen-bond donors (Lipinski definition) is 2. The second-order valence-corrected chi connectivity index (χ2v) is 5.39. The molecule has 1 aromatic heterocycles. The highest BCUT2D eigenvalue weighted by Gasteiger charge is 2.18. The van der Waals surface area contributed by atoms with E-state index in [2.05, 4.69) is 5.32 Å². The van der Waals surface area contributed by atoms with Crippen LogP contribution in [0.1, 0.15) is 46.7 Å². The summed E-state index contributed by atoms with van der Waals surface area (Å²) in [6, 6.07) is 8.97. The minimum Gasteiger partial charge on any atom is -0.467 e. The maximum atomic E-state index is 12.3. The van der Waals surface area contributed by atoms with Crippen molar-refractivity contribution >= 4 is 5.91 Å². The van der Waals surface area contributed by atoms with Crippen LogP contribution in [0.4, 0.5) is 0 Å². The zero-order valence-corrected chi connectivity index (χ0v) is 12.6. The first-order valence-corrected chi connectivity index (χ1v) is 7.07. The number of aliphatic hydroxyl groups is 1. The largest absolute Gasteiger partial charge is 0.467 e. The molecule has 112 valence electrons. The van der Waals surface area contributed by atoms with Gasteiger partial charge in [0.2, 0.25) is 0 Å². The number of carbonyl (C=O) groups excluding carboxylic acids is 1. The summed E-state index contributed by atoms with van der Waals surface area (Å²) in [5.41, 5.74) is 2.74. The van der Waals surface area contributed by atoms with Crippen molar-refractivity contribution in [3.63, 3.8) is 0 Å². The number of furan rings is 1. The third kappa shape index (κ3) is 3.73. The summed E-state index contributed by atoms with van der Waals surface area (Å²) < 4.78 is 5.16. The molecular weight excluding hydrogens is 266 g/mol. The Bertz CT molecular complexity index is 605. The number of nitrogens with one attached hydrogen (secondary N) is 1. The van der Waals surface area contributed by atoms with E-state index in [4.69, 9.17) is 4.42 Å². The Morgan fingerprint density at radius 2 is 2.05 bits per heavy atom. The Kier molecular flexibility index (Phi) is 4.81. The number of amides is 1. The predicted octanol–water partition coefficient (Wildman–Crippen LogP) is 3.14. The van der Waals surface area contributed by atoms with Crippen LogP contribution < -0.4 is 5.32 Å². The molecular formula is C17H21NO3. The normalized spacial score (nSPS) is 13.7. The lowest BCUT2D eigenvalue weighted by molar-refractivity contribution is 0.0902. The molecule has 2 unspecified atom stereocenters. The van der Waals surface area contributed by atoms with E-state index in [0.717, 1.165) is 11.1 Å². The maximum Gasteiger partial charge on any atom is 0.251 e. The second kappa shape index (κ2) is 6.59. The van der Waals surface area contributed by atoms with Crippen LogP contribution in [0, 0.1) is 13.8 Å². The number of carbonyl (C=O) groups is 1. The molecule has 0 aliphatic rings. The van der Waals surface area contributed by atoms with Gasteiger partial charge in [0.15, 0.2) is 0 Å². The van der Waals surface area contributed by atoms with Gasteiger partial charge in [-0.25, -0.2) is 0 Å². The monoisotopic (exact) mass is 287 g/mol. The van der Waals surface area contributed by atoms with E-state index in [1.54, 1.807) is 12.1 Å². The molecule has 0 spiro atoms. The van der Waals surface area contributed by atoms with Crippen LogP contribution in [0.2, 0.25) is 0 Å². The topological polar surface area (TPSA) is 62.5 Å². The van der Waals surface area contributed by atoms with E-state index in [1.165, 1.54) is 6.26 Å². The minimum absolute atomic E-state index is 0.115. The molecule has 0 saturated heterocycles. The van der Waals surface area contributed by atoms with Crippen molar-refractivity contribution in [3.8, 4) is 0 Å². The first-order valence-electron chi connectivity index (χ1n) is 7.07. The third-order valence-corrected chi connectivity index (χ3v) is 3.68. The Hall–Kier alpha value is -2.07. The summed E-state index contributed by atoms with van der Waals surface area (Å²) in [4.78, 5) is 12.3. The van der Waals surface area contributed by atoms with Gasteiger partial charge in [0, 0.05) is 18.0 Å². The number of rotatable bonds is 5. The zero-order chi connectivity index (χ0) is 15.4. The van der Waals surface area contributed by atoms with Gasteiger partial charge in [0.1, 0.15) is 11.9 Å². The molecule has 0 radical (unpaired) electrons. The average Bonchev–Trinajstić information content (AvgIpc) is 2.95. The Labute approximate surface area is 124 Å². The number of aryl methyl sites for hydroxylation is 1. The van der Waals surface area contributed by atoms with Crippen molar-refractivity contribution in [1.29, 1.82) is 0 Å². The quantitative estimate of drug-likeness (QED) is 0.888. The van der Waals surface area contributed by atoms with Gasteiger partial charge in [0.25, 0.3) is 5.91 Å². The van der Waals surface area contributed by atoms with Gasteiger partial charge in [-0.3, -0.25) is 4.79 Å². The molecule has 1 aromatic carbocycles. The SMILES string of the molecule is Cc1cccc(C(=O)NC(C)CC(O)c2ccco2)c1C. The van der Waals surface area contributed by atoms with E-state index < -0.39 is 6.10 Å². The van der Waals surface area contributed by atoms with Crippen LogP contribution in [-0.2, 0) is 0 Å². The van der Waals surface area contributed by atoms with Gasteiger partial charge >= 0.3 is 0 Å². The lowest BCUT2D eigenvalue weighted by Crippen LogP contribution is -2.34. The van der Waals surface area contributed by atoms with Crippen molar-refractivity contribution in [1.82, 2.24) is 5.32 Å². The fraction of sp³-hybridized carbons (Fsp3) is 0.353. The first kappa shape index (κ1) is 15.3. The van der Waals surface area contributed by atoms with E-state index >= 15 is 0 Å². The molecule has 0 aliphatic heterocycles. The summed E-state index contributed by atoms with van der Waals surface area (Å²) in [5, 5.41) is 12.9. The van der Waals surface area contributed by atoms with Gasteiger partial charge in [-0.15, -0.1) is 0 Å². The molecule has 0 bridgehead atoms. The van der Waals surface area contributed by atoms with Crippen molar-refractivity contribution in [2.75, 3.05) is 0 Å². The molecule has 0 saturated carbocycles. The van der Waals surface area contributed by atoms with Gasteiger partial charge in [-0.05, 0) is 50.1 Å². The van der Waals surface area contributed by atoms with E-state index in [1.807, 2.05) is 39.0 Å². The van der Waals surface area contributed by atoms with Crippen molar-refractivity contribution < 1.29 is 14.3 Å². The number of aliphatic hydroxyl groups excluding tert-OH is 1. The highest BCUT2D eigenvalue weighted by Crippen LogP contribution is 2.19. The molecule has 1 amide bonds. The summed E-state index contributed by atoms with van der Waals surface area (Å²) in [7, 11) is 0. The van der Waals surface area contributed by atoms with E-state index in [9.17, 15) is 9.90 Å². The van der Waals surface area contributed by atoms with Crippen LogP contribution >= 0.6 is 0 Å². The van der Waals surface area contributed by atoms with Crippen LogP contribution in [0.25, 0.3) is 0 Å². The molecule has 4 heteroatoms. The summed E-state index contributed by atoms with van der Waals surface area (Å²) in [5.74, 6) is 0.401. The van der Waals surface area contributed by atoms with Crippen LogP contribution in [-0.4, -0.2) is 17.1 Å².